The summed E-state index contributed by atoms with van der Waals surface area (Å²) in [7, 11) is 0. The summed E-state index contributed by atoms with van der Waals surface area (Å²) in [6, 6.07) is 0. The fourth-order valence-electron chi connectivity index (χ4n) is 1.06. The molecule has 12 heavy (non-hydrogen) atoms. The highest BCUT2D eigenvalue weighted by Gasteiger charge is 1.91. The molecule has 0 fully saturated rings. The van der Waals surface area contributed by atoms with Crippen molar-refractivity contribution in [1.29, 1.82) is 0 Å². The van der Waals surface area contributed by atoms with Crippen LogP contribution in [0.25, 0.3) is 0 Å². The molecule has 0 saturated heterocycles. The molecule has 2 N–H and O–H groups in total. The van der Waals surface area contributed by atoms with Crippen molar-refractivity contribution < 1.29 is 10.2 Å². The van der Waals surface area contributed by atoms with Gasteiger partial charge in [-0.15, -0.1) is 0 Å². The summed E-state index contributed by atoms with van der Waals surface area (Å²) >= 11 is 0. The van der Waals surface area contributed by atoms with Crippen LogP contribution in [0, 0.1) is 0 Å². The highest BCUT2D eigenvalue weighted by molar-refractivity contribution is 5.01. The number of unbranched alkanes of at least 4 members (excludes halogenated alkanes) is 4. The first-order valence-electron chi connectivity index (χ1n) is 4.74. The van der Waals surface area contributed by atoms with Gasteiger partial charge in [0.2, 0.25) is 0 Å². The quantitative estimate of drug-likeness (QED) is 0.454. The molecule has 0 radical (unpaired) electrons. The Morgan fingerprint density at radius 1 is 1.08 bits per heavy atom. The topological polar surface area (TPSA) is 40.5 Å². The largest absolute Gasteiger partial charge is 0.392 e. The Morgan fingerprint density at radius 3 is 2.25 bits per heavy atom. The maximum atomic E-state index is 8.70. The van der Waals surface area contributed by atoms with Crippen molar-refractivity contribution >= 4 is 0 Å². The van der Waals surface area contributed by atoms with E-state index in [2.05, 4.69) is 6.92 Å². The van der Waals surface area contributed by atoms with Gasteiger partial charge in [0, 0.05) is 0 Å². The van der Waals surface area contributed by atoms with Crippen molar-refractivity contribution in [3.63, 3.8) is 0 Å². The molecule has 0 atom stereocenters. The summed E-state index contributed by atoms with van der Waals surface area (Å²) in [6.45, 7) is 2.16. The lowest BCUT2D eigenvalue weighted by atomic mass is 10.1. The minimum absolute atomic E-state index is 0.00965. The number of rotatable bonds is 7. The molecule has 2 heteroatoms. The molecule has 0 spiro atoms. The van der Waals surface area contributed by atoms with Crippen molar-refractivity contribution in [2.45, 2.75) is 39.0 Å². The molecule has 0 unspecified atom stereocenters. The Kier molecular flexibility index (Phi) is 8.51. The van der Waals surface area contributed by atoms with Crippen LogP contribution in [-0.2, 0) is 0 Å². The van der Waals surface area contributed by atoms with Gasteiger partial charge in [-0.1, -0.05) is 32.3 Å². The lowest BCUT2D eigenvalue weighted by Crippen LogP contribution is -1.95. The van der Waals surface area contributed by atoms with Gasteiger partial charge in [-0.05, 0) is 18.4 Å². The summed E-state index contributed by atoms with van der Waals surface area (Å²) in [5.41, 5.74) is 0.742. The summed E-state index contributed by atoms with van der Waals surface area (Å²) in [5.74, 6) is 0. The number of allylic oxidation sites excluding steroid dienone is 1. The molecule has 0 rings (SSSR count). The molecule has 0 saturated carbocycles. The van der Waals surface area contributed by atoms with Crippen molar-refractivity contribution in [2.75, 3.05) is 13.2 Å². The fourth-order valence-corrected chi connectivity index (χ4v) is 1.06. The van der Waals surface area contributed by atoms with Crippen LogP contribution < -0.4 is 0 Å². The van der Waals surface area contributed by atoms with E-state index < -0.39 is 0 Å². The van der Waals surface area contributed by atoms with Gasteiger partial charge >= 0.3 is 0 Å². The molecule has 72 valence electrons. The average Bonchev–Trinajstić information content (AvgIpc) is 2.11. The predicted molar refractivity (Wildman–Crippen MR) is 51.0 cm³/mol. The van der Waals surface area contributed by atoms with Crippen molar-refractivity contribution in [3.05, 3.63) is 11.6 Å². The van der Waals surface area contributed by atoms with Gasteiger partial charge in [0.05, 0.1) is 13.2 Å². The Labute approximate surface area is 74.9 Å². The minimum atomic E-state index is -0.00965. The van der Waals surface area contributed by atoms with Gasteiger partial charge < -0.3 is 10.2 Å². The monoisotopic (exact) mass is 172 g/mol. The standard InChI is InChI=1S/C10H20O2/c1-2-3-4-5-6-7-10(8-11)9-12/h7,11-12H,2-6,8-9H2,1H3. The third kappa shape index (κ3) is 6.38. The third-order valence-corrected chi connectivity index (χ3v) is 1.90. The first kappa shape index (κ1) is 11.7. The molecular formula is C10H20O2. The smallest absolute Gasteiger partial charge is 0.0663 e. The first-order valence-corrected chi connectivity index (χ1v) is 4.74. The molecule has 0 amide bonds. The van der Waals surface area contributed by atoms with Crippen LogP contribution in [0.3, 0.4) is 0 Å². The minimum Gasteiger partial charge on any atom is -0.392 e. The van der Waals surface area contributed by atoms with E-state index in [9.17, 15) is 0 Å². The normalized spacial score (nSPS) is 9.92. The molecule has 0 bridgehead atoms. The van der Waals surface area contributed by atoms with Gasteiger partial charge in [0.15, 0.2) is 0 Å². The lowest BCUT2D eigenvalue weighted by molar-refractivity contribution is 0.276. The molecule has 0 aromatic rings. The Hall–Kier alpha value is -0.340. The molecule has 0 heterocycles. The molecule has 0 aliphatic rings. The van der Waals surface area contributed by atoms with Crippen molar-refractivity contribution in [3.8, 4) is 0 Å². The SMILES string of the molecule is CCCCCCC=C(CO)CO. The highest BCUT2D eigenvalue weighted by atomic mass is 16.3. The number of aliphatic hydroxyl groups is 2. The Bertz CT molecular complexity index is 113. The second kappa shape index (κ2) is 8.75. The molecular weight excluding hydrogens is 152 g/mol. The zero-order valence-electron chi connectivity index (χ0n) is 7.92. The zero-order chi connectivity index (χ0) is 9.23. The van der Waals surface area contributed by atoms with Gasteiger partial charge in [0.1, 0.15) is 0 Å². The summed E-state index contributed by atoms with van der Waals surface area (Å²) in [6.07, 6.45) is 7.86. The average molecular weight is 172 g/mol. The van der Waals surface area contributed by atoms with E-state index in [1.165, 1.54) is 19.3 Å². The highest BCUT2D eigenvalue weighted by Crippen LogP contribution is 2.04. The van der Waals surface area contributed by atoms with Crippen molar-refractivity contribution in [1.82, 2.24) is 0 Å². The predicted octanol–water partition coefficient (Wildman–Crippen LogP) is 1.87. The third-order valence-electron chi connectivity index (χ3n) is 1.90. The van der Waals surface area contributed by atoms with E-state index in [0.29, 0.717) is 0 Å². The Balaban J connectivity index is 3.31. The van der Waals surface area contributed by atoms with Crippen LogP contribution in [0.1, 0.15) is 39.0 Å². The second-order valence-electron chi connectivity index (χ2n) is 3.03. The molecule has 0 aromatic carbocycles. The zero-order valence-corrected chi connectivity index (χ0v) is 7.92. The van der Waals surface area contributed by atoms with Crippen LogP contribution in [0.4, 0.5) is 0 Å². The van der Waals surface area contributed by atoms with Crippen LogP contribution in [0.5, 0.6) is 0 Å². The lowest BCUT2D eigenvalue weighted by Gasteiger charge is -1.99. The molecule has 0 aliphatic heterocycles. The maximum Gasteiger partial charge on any atom is 0.0663 e. The van der Waals surface area contributed by atoms with E-state index in [1.54, 1.807) is 0 Å². The number of aliphatic hydroxyl groups excluding tert-OH is 2. The summed E-state index contributed by atoms with van der Waals surface area (Å²) in [5, 5.41) is 17.4. The van der Waals surface area contributed by atoms with Crippen molar-refractivity contribution in [2.24, 2.45) is 0 Å². The maximum absolute atomic E-state index is 8.70. The van der Waals surface area contributed by atoms with Gasteiger partial charge in [-0.2, -0.15) is 0 Å². The van der Waals surface area contributed by atoms with E-state index >= 15 is 0 Å². The van der Waals surface area contributed by atoms with Gasteiger partial charge in [-0.3, -0.25) is 0 Å². The number of hydrogen-bond acceptors (Lipinski definition) is 2. The summed E-state index contributed by atoms with van der Waals surface area (Å²) in [4.78, 5) is 0. The van der Waals surface area contributed by atoms with Crippen LogP contribution >= 0.6 is 0 Å². The van der Waals surface area contributed by atoms with Crippen LogP contribution in [-0.4, -0.2) is 23.4 Å². The van der Waals surface area contributed by atoms with E-state index in [-0.39, 0.29) is 13.2 Å². The van der Waals surface area contributed by atoms with Gasteiger partial charge in [0.25, 0.3) is 0 Å². The van der Waals surface area contributed by atoms with Crippen LogP contribution in [0.2, 0.25) is 0 Å². The molecule has 2 nitrogen and oxygen atoms in total. The number of hydrogen-bond donors (Lipinski definition) is 2. The van der Waals surface area contributed by atoms with E-state index in [1.807, 2.05) is 6.08 Å². The fraction of sp³-hybridized carbons (Fsp3) is 0.800. The molecule has 0 aromatic heterocycles. The first-order chi connectivity index (χ1) is 5.85. The summed E-state index contributed by atoms with van der Waals surface area (Å²) < 4.78 is 0. The Morgan fingerprint density at radius 2 is 1.75 bits per heavy atom. The second-order valence-corrected chi connectivity index (χ2v) is 3.03. The van der Waals surface area contributed by atoms with Gasteiger partial charge in [-0.25, -0.2) is 0 Å². The molecule has 0 aliphatic carbocycles. The van der Waals surface area contributed by atoms with E-state index in [4.69, 9.17) is 10.2 Å². The van der Waals surface area contributed by atoms with E-state index in [0.717, 1.165) is 18.4 Å². The van der Waals surface area contributed by atoms with Crippen LogP contribution in [0.15, 0.2) is 11.6 Å².